The van der Waals surface area contributed by atoms with Gasteiger partial charge in [-0.05, 0) is 72.1 Å². The smallest absolute Gasteiger partial charge is 0.411 e. The summed E-state index contributed by atoms with van der Waals surface area (Å²) in [6.07, 6.45) is 4.49. The van der Waals surface area contributed by atoms with Crippen LogP contribution in [0, 0.1) is 5.92 Å². The number of amides is 2. The average Bonchev–Trinajstić information content (AvgIpc) is 3.31. The zero-order valence-corrected chi connectivity index (χ0v) is 19.6. The van der Waals surface area contributed by atoms with E-state index in [1.807, 2.05) is 4.90 Å². The third-order valence-corrected chi connectivity index (χ3v) is 6.93. The van der Waals surface area contributed by atoms with E-state index in [1.165, 1.54) is 4.90 Å². The molecule has 3 rings (SSSR count). The van der Waals surface area contributed by atoms with Crippen molar-refractivity contribution in [1.29, 1.82) is 0 Å². The summed E-state index contributed by atoms with van der Waals surface area (Å²) < 4.78 is 11.2. The lowest BCUT2D eigenvalue weighted by molar-refractivity contribution is -0.149. The fourth-order valence-electron chi connectivity index (χ4n) is 5.15. The highest BCUT2D eigenvalue weighted by Gasteiger charge is 2.54. The fraction of sp³-hybridized carbons (Fsp3) is 0.870. The Morgan fingerprint density at radius 3 is 2.26 bits per heavy atom. The monoisotopic (exact) mass is 438 g/mol. The molecule has 2 aliphatic heterocycles. The molecule has 1 N–H and O–H groups in total. The second kappa shape index (κ2) is 8.96. The van der Waals surface area contributed by atoms with E-state index < -0.39 is 29.3 Å². The van der Waals surface area contributed by atoms with Crippen molar-refractivity contribution in [2.24, 2.45) is 5.92 Å². The van der Waals surface area contributed by atoms with Crippen LogP contribution in [-0.4, -0.2) is 75.4 Å². The van der Waals surface area contributed by atoms with Gasteiger partial charge in [0, 0.05) is 25.6 Å². The maximum absolute atomic E-state index is 13.5. The molecule has 8 heteroatoms. The number of hydrogen-bond donors (Lipinski definition) is 1. The normalized spacial score (nSPS) is 33.9. The summed E-state index contributed by atoms with van der Waals surface area (Å²) >= 11 is 0. The van der Waals surface area contributed by atoms with E-state index in [0.717, 1.165) is 32.1 Å². The third kappa shape index (κ3) is 5.16. The third-order valence-electron chi connectivity index (χ3n) is 6.93. The molecule has 0 unspecified atom stereocenters. The van der Waals surface area contributed by atoms with Crippen molar-refractivity contribution in [3.05, 3.63) is 0 Å². The highest BCUT2D eigenvalue weighted by Crippen LogP contribution is 2.38. The van der Waals surface area contributed by atoms with E-state index in [4.69, 9.17) is 9.47 Å². The van der Waals surface area contributed by atoms with Gasteiger partial charge in [0.15, 0.2) is 0 Å². The molecular formula is C23H38N2O6. The molecule has 1 saturated carbocycles. The first-order valence-electron chi connectivity index (χ1n) is 11.6. The van der Waals surface area contributed by atoms with Crippen molar-refractivity contribution >= 4 is 18.0 Å². The predicted octanol–water partition coefficient (Wildman–Crippen LogP) is 3.43. The lowest BCUT2D eigenvalue weighted by atomic mass is 9.85. The predicted molar refractivity (Wildman–Crippen MR) is 115 cm³/mol. The highest BCUT2D eigenvalue weighted by molar-refractivity contribution is 5.86. The largest absolute Gasteiger partial charge is 0.480 e. The Bertz CT molecular complexity index is 691. The van der Waals surface area contributed by atoms with Crippen LogP contribution in [0.1, 0.15) is 79.6 Å². The first-order valence-corrected chi connectivity index (χ1v) is 11.6. The zero-order valence-electron chi connectivity index (χ0n) is 19.6. The van der Waals surface area contributed by atoms with Gasteiger partial charge in [-0.25, -0.2) is 9.59 Å². The molecule has 0 radical (unpaired) electrons. The molecule has 0 aromatic rings. The molecule has 8 nitrogen and oxygen atoms in total. The van der Waals surface area contributed by atoms with Gasteiger partial charge in [-0.2, -0.15) is 0 Å². The number of rotatable bonds is 4. The molecule has 3 atom stereocenters. The Hall–Kier alpha value is -1.83. The van der Waals surface area contributed by atoms with Crippen LogP contribution in [-0.2, 0) is 19.1 Å². The zero-order chi connectivity index (χ0) is 23.0. The Labute approximate surface area is 185 Å². The summed E-state index contributed by atoms with van der Waals surface area (Å²) in [6, 6.07) is -0.321. The Kier molecular flexibility index (Phi) is 6.89. The van der Waals surface area contributed by atoms with Crippen LogP contribution in [0.3, 0.4) is 0 Å². The number of nitrogens with zero attached hydrogens (tertiary/aromatic N) is 2. The number of carboxylic acid groups (broad SMARTS) is 1. The van der Waals surface area contributed by atoms with E-state index in [9.17, 15) is 19.5 Å². The Morgan fingerprint density at radius 2 is 1.74 bits per heavy atom. The lowest BCUT2D eigenvalue weighted by Crippen LogP contribution is -2.53. The van der Waals surface area contributed by atoms with Crippen molar-refractivity contribution < 1.29 is 29.0 Å². The van der Waals surface area contributed by atoms with Crippen molar-refractivity contribution in [3.8, 4) is 0 Å². The standard InChI is InChI=1S/C23H38N2O6/c1-15-8-10-16(11-9-15)25(19(26)18-7-6-12-30-18)17-13-23(5,20(27)28)24(14-17)21(29)31-22(2,3)4/h15-18H,6-14H2,1-5H3,(H,27,28)/t15?,16?,17-,18-,23-/m0/s1. The van der Waals surface area contributed by atoms with E-state index in [1.54, 1.807) is 27.7 Å². The second-order valence-corrected chi connectivity index (χ2v) is 10.7. The van der Waals surface area contributed by atoms with Crippen LogP contribution < -0.4 is 0 Å². The lowest BCUT2D eigenvalue weighted by Gasteiger charge is -2.41. The Morgan fingerprint density at radius 1 is 1.10 bits per heavy atom. The molecule has 0 aromatic heterocycles. The van der Waals surface area contributed by atoms with E-state index in [0.29, 0.717) is 18.9 Å². The summed E-state index contributed by atoms with van der Waals surface area (Å²) in [5.41, 5.74) is -2.16. The van der Waals surface area contributed by atoms with Gasteiger partial charge in [-0.15, -0.1) is 0 Å². The van der Waals surface area contributed by atoms with Crippen LogP contribution in [0.5, 0.6) is 0 Å². The van der Waals surface area contributed by atoms with Crippen LogP contribution in [0.2, 0.25) is 0 Å². The molecule has 176 valence electrons. The fourth-order valence-corrected chi connectivity index (χ4v) is 5.15. The number of hydrogen-bond acceptors (Lipinski definition) is 5. The first kappa shape index (κ1) is 23.8. The molecule has 2 amide bonds. The van der Waals surface area contributed by atoms with Crippen molar-refractivity contribution in [2.45, 2.75) is 109 Å². The number of carboxylic acids is 1. The van der Waals surface area contributed by atoms with Crippen molar-refractivity contribution in [3.63, 3.8) is 0 Å². The van der Waals surface area contributed by atoms with Crippen LogP contribution in [0.25, 0.3) is 0 Å². The molecule has 3 fully saturated rings. The minimum atomic E-state index is -1.43. The van der Waals surface area contributed by atoms with E-state index in [2.05, 4.69) is 6.92 Å². The molecular weight excluding hydrogens is 400 g/mol. The van der Waals surface area contributed by atoms with Gasteiger partial charge in [0.1, 0.15) is 17.2 Å². The van der Waals surface area contributed by atoms with Gasteiger partial charge < -0.3 is 19.5 Å². The summed E-state index contributed by atoms with van der Waals surface area (Å²) in [5, 5.41) is 10.0. The van der Waals surface area contributed by atoms with Gasteiger partial charge in [0.05, 0.1) is 6.04 Å². The minimum absolute atomic E-state index is 0.0505. The number of likely N-dealkylation sites (tertiary alicyclic amines) is 1. The van der Waals surface area contributed by atoms with Crippen LogP contribution >= 0.6 is 0 Å². The van der Waals surface area contributed by atoms with Crippen LogP contribution in [0.4, 0.5) is 4.79 Å². The quantitative estimate of drug-likeness (QED) is 0.722. The molecule has 3 aliphatic rings. The van der Waals surface area contributed by atoms with Gasteiger partial charge in [-0.1, -0.05) is 6.92 Å². The summed E-state index contributed by atoms with van der Waals surface area (Å²) in [4.78, 5) is 41.8. The number of carbonyl (C=O) groups excluding carboxylic acids is 2. The number of ether oxygens (including phenoxy) is 2. The van der Waals surface area contributed by atoms with E-state index >= 15 is 0 Å². The first-order chi connectivity index (χ1) is 14.4. The van der Waals surface area contributed by atoms with Gasteiger partial charge in [-0.3, -0.25) is 9.69 Å². The van der Waals surface area contributed by atoms with Crippen LogP contribution in [0.15, 0.2) is 0 Å². The van der Waals surface area contributed by atoms with Crippen molar-refractivity contribution in [2.75, 3.05) is 13.2 Å². The topological polar surface area (TPSA) is 96.4 Å². The average molecular weight is 439 g/mol. The molecule has 0 spiro atoms. The molecule has 0 aromatic carbocycles. The summed E-state index contributed by atoms with van der Waals surface area (Å²) in [7, 11) is 0. The van der Waals surface area contributed by atoms with Gasteiger partial charge >= 0.3 is 12.1 Å². The highest BCUT2D eigenvalue weighted by atomic mass is 16.6. The van der Waals surface area contributed by atoms with E-state index in [-0.39, 0.29) is 31.0 Å². The minimum Gasteiger partial charge on any atom is -0.480 e. The SMILES string of the molecule is CC1CCC(N(C(=O)[C@@H]2CCCO2)[C@@H]2CN(C(=O)OC(C)(C)C)[C@](C)(C(=O)O)C2)CC1. The Balaban J connectivity index is 1.88. The number of aliphatic carboxylic acids is 1. The number of carbonyl (C=O) groups is 3. The summed E-state index contributed by atoms with van der Waals surface area (Å²) in [6.45, 7) is 9.78. The molecule has 2 heterocycles. The van der Waals surface area contributed by atoms with Crippen molar-refractivity contribution in [1.82, 2.24) is 9.80 Å². The van der Waals surface area contributed by atoms with Gasteiger partial charge in [0.2, 0.25) is 0 Å². The molecule has 31 heavy (non-hydrogen) atoms. The summed E-state index contributed by atoms with van der Waals surface area (Å²) in [5.74, 6) is -0.509. The maximum Gasteiger partial charge on any atom is 0.411 e. The molecule has 0 bridgehead atoms. The second-order valence-electron chi connectivity index (χ2n) is 10.7. The molecule has 2 saturated heterocycles. The van der Waals surface area contributed by atoms with Gasteiger partial charge in [0.25, 0.3) is 5.91 Å². The maximum atomic E-state index is 13.5. The molecule has 1 aliphatic carbocycles.